The molecule has 3 nitrogen and oxygen atoms in total. The predicted molar refractivity (Wildman–Crippen MR) is 82.1 cm³/mol. The van der Waals surface area contributed by atoms with E-state index in [1.807, 2.05) is 36.4 Å². The van der Waals surface area contributed by atoms with Gasteiger partial charge in [0.1, 0.15) is 18.1 Å². The third kappa shape index (κ3) is 3.14. The zero-order chi connectivity index (χ0) is 14.8. The molecule has 21 heavy (non-hydrogen) atoms. The van der Waals surface area contributed by atoms with Gasteiger partial charge in [0.05, 0.1) is 12.7 Å². The minimum atomic E-state index is -0.507. The van der Waals surface area contributed by atoms with E-state index in [0.29, 0.717) is 18.2 Å². The van der Waals surface area contributed by atoms with Gasteiger partial charge in [-0.3, -0.25) is 0 Å². The van der Waals surface area contributed by atoms with Crippen molar-refractivity contribution in [2.45, 2.75) is 26.1 Å². The minimum absolute atomic E-state index is 0.395. The molecular weight excluding hydrogens is 288 g/mol. The standard InChI is InChI=1S/C17H17ClO3/c1-11(19)12-3-2-4-16(9-12)21-10-14-8-15(18)7-13-5-6-20-17(13)14/h2-4,7-9,11,19H,5-6,10H2,1H3/t11-/m1/s1. The molecule has 1 N–H and O–H groups in total. The number of aliphatic hydroxyl groups excluding tert-OH is 1. The van der Waals surface area contributed by atoms with Gasteiger partial charge in [0.25, 0.3) is 0 Å². The molecule has 0 amide bonds. The number of benzene rings is 2. The van der Waals surface area contributed by atoms with Gasteiger partial charge < -0.3 is 14.6 Å². The molecule has 110 valence electrons. The van der Waals surface area contributed by atoms with Crippen LogP contribution in [-0.4, -0.2) is 11.7 Å². The maximum atomic E-state index is 9.60. The van der Waals surface area contributed by atoms with Crippen LogP contribution in [0.5, 0.6) is 11.5 Å². The fraction of sp³-hybridized carbons (Fsp3) is 0.294. The Morgan fingerprint density at radius 3 is 3.00 bits per heavy atom. The summed E-state index contributed by atoms with van der Waals surface area (Å²) in [6.45, 7) is 2.82. The zero-order valence-corrected chi connectivity index (χ0v) is 12.6. The van der Waals surface area contributed by atoms with Crippen LogP contribution >= 0.6 is 11.6 Å². The van der Waals surface area contributed by atoms with Crippen LogP contribution in [0.4, 0.5) is 0 Å². The number of hydrogen-bond donors (Lipinski definition) is 1. The molecule has 0 spiro atoms. The topological polar surface area (TPSA) is 38.7 Å². The highest BCUT2D eigenvalue weighted by Gasteiger charge is 2.18. The van der Waals surface area contributed by atoms with Crippen molar-refractivity contribution < 1.29 is 14.6 Å². The second kappa shape index (κ2) is 5.96. The lowest BCUT2D eigenvalue weighted by Gasteiger charge is -2.12. The van der Waals surface area contributed by atoms with Gasteiger partial charge in [-0.25, -0.2) is 0 Å². The van der Waals surface area contributed by atoms with Crippen LogP contribution in [0.25, 0.3) is 0 Å². The summed E-state index contributed by atoms with van der Waals surface area (Å²) in [7, 11) is 0. The molecule has 1 atom stereocenters. The number of halogens is 1. The van der Waals surface area contributed by atoms with Crippen LogP contribution in [-0.2, 0) is 13.0 Å². The summed E-state index contributed by atoms with van der Waals surface area (Å²) in [5, 5.41) is 10.3. The average molecular weight is 305 g/mol. The van der Waals surface area contributed by atoms with Gasteiger partial charge in [-0.2, -0.15) is 0 Å². The molecule has 0 fully saturated rings. The molecule has 3 rings (SSSR count). The number of aliphatic hydroxyl groups is 1. The smallest absolute Gasteiger partial charge is 0.129 e. The van der Waals surface area contributed by atoms with E-state index in [-0.39, 0.29) is 0 Å². The van der Waals surface area contributed by atoms with Crippen LogP contribution in [0.2, 0.25) is 5.02 Å². The van der Waals surface area contributed by atoms with E-state index in [1.165, 1.54) is 0 Å². The summed E-state index contributed by atoms with van der Waals surface area (Å²) in [6.07, 6.45) is 0.382. The van der Waals surface area contributed by atoms with Gasteiger partial charge >= 0.3 is 0 Å². The largest absolute Gasteiger partial charge is 0.493 e. The van der Waals surface area contributed by atoms with Gasteiger partial charge in [0, 0.05) is 17.0 Å². The monoisotopic (exact) mass is 304 g/mol. The maximum Gasteiger partial charge on any atom is 0.129 e. The number of ether oxygens (including phenoxy) is 2. The molecule has 2 aromatic rings. The molecule has 0 radical (unpaired) electrons. The lowest BCUT2D eigenvalue weighted by Crippen LogP contribution is -2.00. The van der Waals surface area contributed by atoms with E-state index in [0.717, 1.165) is 34.6 Å². The van der Waals surface area contributed by atoms with Gasteiger partial charge in [-0.1, -0.05) is 23.7 Å². The van der Waals surface area contributed by atoms with E-state index in [2.05, 4.69) is 0 Å². The average Bonchev–Trinajstić information content (AvgIpc) is 2.93. The highest BCUT2D eigenvalue weighted by atomic mass is 35.5. The van der Waals surface area contributed by atoms with Crippen molar-refractivity contribution >= 4 is 11.6 Å². The molecule has 1 aliphatic heterocycles. The maximum absolute atomic E-state index is 9.60. The number of hydrogen-bond acceptors (Lipinski definition) is 3. The molecule has 1 heterocycles. The van der Waals surface area contributed by atoms with Crippen molar-refractivity contribution in [2.24, 2.45) is 0 Å². The molecule has 2 aromatic carbocycles. The van der Waals surface area contributed by atoms with Crippen molar-refractivity contribution in [1.82, 2.24) is 0 Å². The Kier molecular flexibility index (Phi) is 4.04. The Labute approximate surface area is 129 Å². The van der Waals surface area contributed by atoms with Crippen molar-refractivity contribution in [3.05, 3.63) is 58.1 Å². The summed E-state index contributed by atoms with van der Waals surface area (Å²) >= 11 is 6.13. The predicted octanol–water partition coefficient (Wildman–Crippen LogP) is 3.91. The summed E-state index contributed by atoms with van der Waals surface area (Å²) in [5.41, 5.74) is 2.93. The Bertz CT molecular complexity index is 652. The molecule has 0 saturated heterocycles. The SMILES string of the molecule is C[C@@H](O)c1cccc(OCc2cc(Cl)cc3c2OCC3)c1. The summed E-state index contributed by atoms with van der Waals surface area (Å²) in [6, 6.07) is 11.3. The molecule has 1 aliphatic rings. The van der Waals surface area contributed by atoms with Crippen LogP contribution < -0.4 is 9.47 Å². The number of rotatable bonds is 4. The Morgan fingerprint density at radius 1 is 1.33 bits per heavy atom. The summed E-state index contributed by atoms with van der Waals surface area (Å²) < 4.78 is 11.5. The first kappa shape index (κ1) is 14.2. The lowest BCUT2D eigenvalue weighted by molar-refractivity contribution is 0.198. The number of fused-ring (bicyclic) bond motifs is 1. The van der Waals surface area contributed by atoms with Crippen LogP contribution in [0.15, 0.2) is 36.4 Å². The fourth-order valence-electron chi connectivity index (χ4n) is 2.48. The Balaban J connectivity index is 1.78. The molecule has 4 heteroatoms. The zero-order valence-electron chi connectivity index (χ0n) is 11.8. The fourth-order valence-corrected chi connectivity index (χ4v) is 2.74. The summed E-state index contributed by atoms with van der Waals surface area (Å²) in [4.78, 5) is 0. The van der Waals surface area contributed by atoms with Crippen molar-refractivity contribution in [2.75, 3.05) is 6.61 Å². The molecule has 0 saturated carbocycles. The third-order valence-corrected chi connectivity index (χ3v) is 3.78. The molecule has 0 unspecified atom stereocenters. The second-order valence-electron chi connectivity index (χ2n) is 5.19. The first-order chi connectivity index (χ1) is 10.1. The van der Waals surface area contributed by atoms with E-state index >= 15 is 0 Å². The van der Waals surface area contributed by atoms with E-state index in [1.54, 1.807) is 6.92 Å². The summed E-state index contributed by atoms with van der Waals surface area (Å²) in [5.74, 6) is 1.62. The molecule has 0 bridgehead atoms. The Morgan fingerprint density at radius 2 is 2.19 bits per heavy atom. The van der Waals surface area contributed by atoms with Gasteiger partial charge in [-0.15, -0.1) is 0 Å². The van der Waals surface area contributed by atoms with Crippen LogP contribution in [0.3, 0.4) is 0 Å². The molecular formula is C17H17ClO3. The van der Waals surface area contributed by atoms with Crippen LogP contribution in [0, 0.1) is 0 Å². The van der Waals surface area contributed by atoms with Crippen molar-refractivity contribution in [3.63, 3.8) is 0 Å². The minimum Gasteiger partial charge on any atom is -0.493 e. The van der Waals surface area contributed by atoms with Gasteiger partial charge in [-0.05, 0) is 42.3 Å². The third-order valence-electron chi connectivity index (χ3n) is 3.56. The van der Waals surface area contributed by atoms with E-state index < -0.39 is 6.10 Å². The quantitative estimate of drug-likeness (QED) is 0.931. The first-order valence-corrected chi connectivity index (χ1v) is 7.36. The van der Waals surface area contributed by atoms with Gasteiger partial charge in [0.2, 0.25) is 0 Å². The molecule has 0 aliphatic carbocycles. The van der Waals surface area contributed by atoms with E-state index in [4.69, 9.17) is 21.1 Å². The lowest BCUT2D eigenvalue weighted by atomic mass is 10.1. The molecule has 0 aromatic heterocycles. The Hall–Kier alpha value is -1.71. The van der Waals surface area contributed by atoms with E-state index in [9.17, 15) is 5.11 Å². The highest BCUT2D eigenvalue weighted by Crippen LogP contribution is 2.33. The highest BCUT2D eigenvalue weighted by molar-refractivity contribution is 6.30. The van der Waals surface area contributed by atoms with Crippen molar-refractivity contribution in [3.8, 4) is 11.5 Å². The second-order valence-corrected chi connectivity index (χ2v) is 5.63. The van der Waals surface area contributed by atoms with Crippen molar-refractivity contribution in [1.29, 1.82) is 0 Å². The van der Waals surface area contributed by atoms with Gasteiger partial charge in [0.15, 0.2) is 0 Å². The normalized spacial score (nSPS) is 14.4. The van der Waals surface area contributed by atoms with Crippen LogP contribution in [0.1, 0.15) is 29.7 Å². The first-order valence-electron chi connectivity index (χ1n) is 6.98.